The number of thiophene rings is 1. The molecule has 2 aromatic rings. The molecule has 0 fully saturated rings. The first-order chi connectivity index (χ1) is 10.1. The van der Waals surface area contributed by atoms with Crippen LogP contribution in [-0.2, 0) is 9.53 Å². The number of amides is 1. The van der Waals surface area contributed by atoms with Crippen molar-refractivity contribution in [2.24, 2.45) is 0 Å². The molecule has 0 radical (unpaired) electrons. The summed E-state index contributed by atoms with van der Waals surface area (Å²) >= 11 is 1.56. The Morgan fingerprint density at radius 3 is 2.76 bits per heavy atom. The largest absolute Gasteiger partial charge is 0.465 e. The molecule has 0 aliphatic rings. The van der Waals surface area contributed by atoms with Gasteiger partial charge in [0.25, 0.3) is 0 Å². The standard InChI is InChI=1S/C16H15NO3S/c1-11-3-5-14(13(9-11)16(19)20-2)17-15(18)6-4-12-7-8-21-10-12/h3-10H,1-2H3,(H,17,18)/b6-4+. The van der Waals surface area contributed by atoms with Gasteiger partial charge in [-0.2, -0.15) is 11.3 Å². The van der Waals surface area contributed by atoms with Crippen molar-refractivity contribution in [3.05, 3.63) is 57.8 Å². The Kier molecular flexibility index (Phi) is 4.90. The van der Waals surface area contributed by atoms with Crippen LogP contribution in [0.3, 0.4) is 0 Å². The first kappa shape index (κ1) is 15.0. The van der Waals surface area contributed by atoms with Gasteiger partial charge in [0.15, 0.2) is 0 Å². The van der Waals surface area contributed by atoms with Gasteiger partial charge in [-0.15, -0.1) is 0 Å². The Bertz CT molecular complexity index is 675. The molecule has 1 N–H and O–H groups in total. The first-order valence-electron chi connectivity index (χ1n) is 6.30. The zero-order valence-electron chi connectivity index (χ0n) is 11.8. The molecule has 0 bridgehead atoms. The molecule has 0 saturated heterocycles. The number of carbonyl (C=O) groups is 2. The van der Waals surface area contributed by atoms with Crippen molar-refractivity contribution in [2.75, 3.05) is 12.4 Å². The summed E-state index contributed by atoms with van der Waals surface area (Å²) in [6.07, 6.45) is 3.15. The normalized spacial score (nSPS) is 10.6. The van der Waals surface area contributed by atoms with Gasteiger partial charge >= 0.3 is 5.97 Å². The van der Waals surface area contributed by atoms with Crippen molar-refractivity contribution >= 4 is 35.0 Å². The number of rotatable bonds is 4. The third kappa shape index (κ3) is 4.03. The molecule has 5 heteroatoms. The van der Waals surface area contributed by atoms with Gasteiger partial charge in [-0.05, 0) is 47.5 Å². The number of benzene rings is 1. The minimum atomic E-state index is -0.476. The van der Waals surface area contributed by atoms with Crippen LogP contribution in [0.15, 0.2) is 41.1 Å². The number of anilines is 1. The molecule has 0 unspecified atom stereocenters. The van der Waals surface area contributed by atoms with Crippen LogP contribution in [-0.4, -0.2) is 19.0 Å². The third-order valence-corrected chi connectivity index (χ3v) is 3.51. The van der Waals surface area contributed by atoms with Crippen molar-refractivity contribution in [3.8, 4) is 0 Å². The molecule has 21 heavy (non-hydrogen) atoms. The highest BCUT2D eigenvalue weighted by Gasteiger charge is 2.13. The summed E-state index contributed by atoms with van der Waals surface area (Å²) in [6.45, 7) is 1.87. The minimum Gasteiger partial charge on any atom is -0.465 e. The van der Waals surface area contributed by atoms with Crippen molar-refractivity contribution < 1.29 is 14.3 Å². The smallest absolute Gasteiger partial charge is 0.339 e. The number of methoxy groups -OCH3 is 1. The summed E-state index contributed by atoms with van der Waals surface area (Å²) in [5.74, 6) is -0.772. The lowest BCUT2D eigenvalue weighted by Crippen LogP contribution is -2.13. The molecule has 1 aromatic carbocycles. The molecule has 1 heterocycles. The summed E-state index contributed by atoms with van der Waals surface area (Å²) in [6, 6.07) is 7.12. The number of esters is 1. The molecule has 1 aromatic heterocycles. The maximum Gasteiger partial charge on any atom is 0.339 e. The Labute approximate surface area is 127 Å². The predicted molar refractivity (Wildman–Crippen MR) is 84.5 cm³/mol. The Hall–Kier alpha value is -2.40. The zero-order valence-corrected chi connectivity index (χ0v) is 12.6. The number of ether oxygens (including phenoxy) is 1. The molecule has 0 saturated carbocycles. The van der Waals surface area contributed by atoms with Crippen molar-refractivity contribution in [2.45, 2.75) is 6.92 Å². The van der Waals surface area contributed by atoms with Crippen molar-refractivity contribution in [1.82, 2.24) is 0 Å². The lowest BCUT2D eigenvalue weighted by Gasteiger charge is -2.09. The highest BCUT2D eigenvalue weighted by atomic mass is 32.1. The second-order valence-electron chi connectivity index (χ2n) is 4.42. The van der Waals surface area contributed by atoms with E-state index in [1.54, 1.807) is 29.5 Å². The highest BCUT2D eigenvalue weighted by molar-refractivity contribution is 7.08. The van der Waals surface area contributed by atoms with Gasteiger partial charge in [-0.3, -0.25) is 4.79 Å². The van der Waals surface area contributed by atoms with Crippen LogP contribution in [0.4, 0.5) is 5.69 Å². The van der Waals surface area contributed by atoms with Crippen LogP contribution < -0.4 is 5.32 Å². The Morgan fingerprint density at radius 1 is 1.29 bits per heavy atom. The molecular formula is C16H15NO3S. The summed E-state index contributed by atoms with van der Waals surface area (Å²) in [5.41, 5.74) is 2.66. The quantitative estimate of drug-likeness (QED) is 0.694. The minimum absolute atomic E-state index is 0.296. The number of nitrogens with one attached hydrogen (secondary N) is 1. The molecule has 0 aliphatic heterocycles. The Morgan fingerprint density at radius 2 is 2.10 bits per heavy atom. The van der Waals surface area contributed by atoms with Crippen LogP contribution in [0.2, 0.25) is 0 Å². The lowest BCUT2D eigenvalue weighted by atomic mass is 10.1. The Balaban J connectivity index is 2.15. The molecule has 2 rings (SSSR count). The summed E-state index contributed by atoms with van der Waals surface area (Å²) in [7, 11) is 1.31. The van der Waals surface area contributed by atoms with E-state index in [4.69, 9.17) is 4.74 Å². The molecular weight excluding hydrogens is 286 g/mol. The van der Waals surface area contributed by atoms with E-state index in [0.717, 1.165) is 11.1 Å². The van der Waals surface area contributed by atoms with Gasteiger partial charge in [0.2, 0.25) is 5.91 Å². The van der Waals surface area contributed by atoms with Gasteiger partial charge < -0.3 is 10.1 Å². The topological polar surface area (TPSA) is 55.4 Å². The second-order valence-corrected chi connectivity index (χ2v) is 5.20. The van der Waals surface area contributed by atoms with Crippen LogP contribution in [0.5, 0.6) is 0 Å². The van der Waals surface area contributed by atoms with Gasteiger partial charge in [-0.25, -0.2) is 4.79 Å². The highest BCUT2D eigenvalue weighted by Crippen LogP contribution is 2.18. The molecule has 4 nitrogen and oxygen atoms in total. The zero-order chi connectivity index (χ0) is 15.2. The van der Waals surface area contributed by atoms with E-state index in [9.17, 15) is 9.59 Å². The van der Waals surface area contributed by atoms with E-state index in [2.05, 4.69) is 5.32 Å². The molecule has 0 aliphatic carbocycles. The van der Waals surface area contributed by atoms with Crippen LogP contribution in [0.1, 0.15) is 21.5 Å². The van der Waals surface area contributed by atoms with Gasteiger partial charge in [0.05, 0.1) is 18.4 Å². The van der Waals surface area contributed by atoms with Crippen molar-refractivity contribution in [3.63, 3.8) is 0 Å². The summed E-state index contributed by atoms with van der Waals surface area (Å²) in [5, 5.41) is 6.57. The average Bonchev–Trinajstić information content (AvgIpc) is 2.99. The predicted octanol–water partition coefficient (Wildman–Crippen LogP) is 3.50. The van der Waals surface area contributed by atoms with Crippen LogP contribution >= 0.6 is 11.3 Å². The monoisotopic (exact) mass is 301 g/mol. The fraction of sp³-hybridized carbons (Fsp3) is 0.125. The second kappa shape index (κ2) is 6.85. The van der Waals surface area contributed by atoms with E-state index in [-0.39, 0.29) is 5.91 Å². The molecule has 0 spiro atoms. The van der Waals surface area contributed by atoms with Crippen LogP contribution in [0.25, 0.3) is 6.08 Å². The maximum absolute atomic E-state index is 11.9. The number of aryl methyl sites for hydroxylation is 1. The summed E-state index contributed by atoms with van der Waals surface area (Å²) in [4.78, 5) is 23.6. The fourth-order valence-electron chi connectivity index (χ4n) is 1.76. The van der Waals surface area contributed by atoms with E-state index < -0.39 is 5.97 Å². The first-order valence-corrected chi connectivity index (χ1v) is 7.24. The van der Waals surface area contributed by atoms with Gasteiger partial charge in [0.1, 0.15) is 0 Å². The average molecular weight is 301 g/mol. The summed E-state index contributed by atoms with van der Waals surface area (Å²) < 4.78 is 4.73. The third-order valence-electron chi connectivity index (χ3n) is 2.81. The molecule has 1 amide bonds. The maximum atomic E-state index is 11.9. The lowest BCUT2D eigenvalue weighted by molar-refractivity contribution is -0.111. The number of hydrogen-bond donors (Lipinski definition) is 1. The molecule has 0 atom stereocenters. The van der Waals surface area contributed by atoms with Gasteiger partial charge in [-0.1, -0.05) is 11.6 Å². The number of carbonyl (C=O) groups excluding carboxylic acids is 2. The van der Waals surface area contributed by atoms with E-state index in [0.29, 0.717) is 11.3 Å². The van der Waals surface area contributed by atoms with Crippen molar-refractivity contribution in [1.29, 1.82) is 0 Å². The van der Waals surface area contributed by atoms with E-state index in [1.165, 1.54) is 13.2 Å². The number of hydrogen-bond acceptors (Lipinski definition) is 4. The van der Waals surface area contributed by atoms with E-state index in [1.807, 2.05) is 29.8 Å². The molecule has 108 valence electrons. The van der Waals surface area contributed by atoms with E-state index >= 15 is 0 Å². The van der Waals surface area contributed by atoms with Crippen LogP contribution in [0, 0.1) is 6.92 Å². The van der Waals surface area contributed by atoms with Gasteiger partial charge in [0, 0.05) is 6.08 Å². The SMILES string of the molecule is COC(=O)c1cc(C)ccc1NC(=O)/C=C/c1ccsc1. The fourth-order valence-corrected chi connectivity index (χ4v) is 2.39.